The molecule has 2 aromatic carbocycles. The second-order valence-electron chi connectivity index (χ2n) is 7.14. The van der Waals surface area contributed by atoms with E-state index >= 15 is 0 Å². The standard InChI is InChI=1S/C22H22N4O3/c1-13(2)16-6-4-5-14(3)21(16)24-22(27)17-8-10-20(26-25-17)23-15-7-9-18-19(11-15)29-12-28-18/h4-11,13H,12H2,1-3H3,(H,23,26)(H,24,27). The third-order valence-electron chi connectivity index (χ3n) is 4.71. The van der Waals surface area contributed by atoms with Crippen LogP contribution in [0.4, 0.5) is 17.2 Å². The topological polar surface area (TPSA) is 85.4 Å². The summed E-state index contributed by atoms with van der Waals surface area (Å²) < 4.78 is 10.7. The Bertz CT molecular complexity index is 1050. The van der Waals surface area contributed by atoms with E-state index in [0.717, 1.165) is 22.5 Å². The molecule has 1 aromatic heterocycles. The van der Waals surface area contributed by atoms with Crippen LogP contribution in [0.1, 0.15) is 41.4 Å². The van der Waals surface area contributed by atoms with Crippen LogP contribution in [0.3, 0.4) is 0 Å². The van der Waals surface area contributed by atoms with Crippen LogP contribution in [0.2, 0.25) is 0 Å². The summed E-state index contributed by atoms with van der Waals surface area (Å²) in [6.45, 7) is 6.40. The van der Waals surface area contributed by atoms with Gasteiger partial charge in [0, 0.05) is 17.4 Å². The zero-order valence-corrected chi connectivity index (χ0v) is 16.5. The molecule has 29 heavy (non-hydrogen) atoms. The molecule has 0 radical (unpaired) electrons. The van der Waals surface area contributed by atoms with Crippen molar-refractivity contribution in [2.24, 2.45) is 0 Å². The Hall–Kier alpha value is -3.61. The van der Waals surface area contributed by atoms with Gasteiger partial charge in [0.15, 0.2) is 23.0 Å². The Balaban J connectivity index is 1.47. The van der Waals surface area contributed by atoms with Gasteiger partial charge in [-0.25, -0.2) is 0 Å². The predicted molar refractivity (Wildman–Crippen MR) is 111 cm³/mol. The first-order chi connectivity index (χ1) is 14.0. The van der Waals surface area contributed by atoms with E-state index in [4.69, 9.17) is 9.47 Å². The number of nitrogens with zero attached hydrogens (tertiary/aromatic N) is 2. The Morgan fingerprint density at radius 2 is 1.86 bits per heavy atom. The smallest absolute Gasteiger partial charge is 0.276 e. The van der Waals surface area contributed by atoms with Crippen molar-refractivity contribution < 1.29 is 14.3 Å². The van der Waals surface area contributed by atoms with Gasteiger partial charge in [0.25, 0.3) is 5.91 Å². The summed E-state index contributed by atoms with van der Waals surface area (Å²) in [6, 6.07) is 14.9. The molecule has 2 N–H and O–H groups in total. The molecular formula is C22H22N4O3. The fourth-order valence-electron chi connectivity index (χ4n) is 3.16. The molecule has 1 aliphatic heterocycles. The number of carbonyl (C=O) groups excluding carboxylic acids is 1. The van der Waals surface area contributed by atoms with Crippen molar-refractivity contribution in [3.05, 3.63) is 65.4 Å². The first kappa shape index (κ1) is 18.7. The van der Waals surface area contributed by atoms with Crippen molar-refractivity contribution in [2.45, 2.75) is 26.7 Å². The fourth-order valence-corrected chi connectivity index (χ4v) is 3.16. The number of ether oxygens (including phenoxy) is 2. The van der Waals surface area contributed by atoms with Crippen molar-refractivity contribution in [1.82, 2.24) is 10.2 Å². The Morgan fingerprint density at radius 3 is 2.62 bits per heavy atom. The fraction of sp³-hybridized carbons (Fsp3) is 0.227. The summed E-state index contributed by atoms with van der Waals surface area (Å²) in [7, 11) is 0. The van der Waals surface area contributed by atoms with Gasteiger partial charge in [-0.3, -0.25) is 4.79 Å². The third-order valence-corrected chi connectivity index (χ3v) is 4.71. The molecule has 3 aromatic rings. The molecule has 148 valence electrons. The van der Waals surface area contributed by atoms with Gasteiger partial charge in [-0.1, -0.05) is 32.0 Å². The molecular weight excluding hydrogens is 368 g/mol. The number of aryl methyl sites for hydroxylation is 1. The van der Waals surface area contributed by atoms with Gasteiger partial charge in [-0.05, 0) is 48.2 Å². The summed E-state index contributed by atoms with van der Waals surface area (Å²) >= 11 is 0. The maximum Gasteiger partial charge on any atom is 0.276 e. The van der Waals surface area contributed by atoms with Crippen LogP contribution in [0.5, 0.6) is 11.5 Å². The molecule has 1 aliphatic rings. The minimum Gasteiger partial charge on any atom is -0.454 e. The Morgan fingerprint density at radius 1 is 1.03 bits per heavy atom. The molecule has 0 saturated heterocycles. The van der Waals surface area contributed by atoms with Crippen molar-refractivity contribution >= 4 is 23.1 Å². The Labute approximate surface area is 169 Å². The van der Waals surface area contributed by atoms with Gasteiger partial charge in [-0.15, -0.1) is 10.2 Å². The molecule has 7 nitrogen and oxygen atoms in total. The minimum atomic E-state index is -0.289. The maximum absolute atomic E-state index is 12.7. The quantitative estimate of drug-likeness (QED) is 0.660. The molecule has 0 aliphatic carbocycles. The minimum absolute atomic E-state index is 0.224. The highest BCUT2D eigenvalue weighted by Gasteiger charge is 2.16. The molecule has 0 unspecified atom stereocenters. The van der Waals surface area contributed by atoms with Gasteiger partial charge in [0.05, 0.1) is 0 Å². The molecule has 0 atom stereocenters. The van der Waals surface area contributed by atoms with Crippen LogP contribution in [-0.4, -0.2) is 22.9 Å². The average molecular weight is 390 g/mol. The zero-order valence-electron chi connectivity index (χ0n) is 16.5. The van der Waals surface area contributed by atoms with Crippen molar-refractivity contribution in [2.75, 3.05) is 17.4 Å². The zero-order chi connectivity index (χ0) is 20.4. The summed E-state index contributed by atoms with van der Waals surface area (Å²) in [4.78, 5) is 12.7. The number of rotatable bonds is 5. The van der Waals surface area contributed by atoms with E-state index in [0.29, 0.717) is 23.2 Å². The number of aromatic nitrogens is 2. The number of benzene rings is 2. The van der Waals surface area contributed by atoms with E-state index in [9.17, 15) is 4.79 Å². The first-order valence-electron chi connectivity index (χ1n) is 9.42. The second kappa shape index (κ2) is 7.79. The normalized spacial score (nSPS) is 12.1. The lowest BCUT2D eigenvalue weighted by Gasteiger charge is -2.16. The number of fused-ring (bicyclic) bond motifs is 1. The molecule has 0 bridgehead atoms. The van der Waals surface area contributed by atoms with E-state index < -0.39 is 0 Å². The lowest BCUT2D eigenvalue weighted by atomic mass is 9.98. The van der Waals surface area contributed by atoms with Gasteiger partial charge in [-0.2, -0.15) is 0 Å². The highest BCUT2D eigenvalue weighted by Crippen LogP contribution is 2.35. The van der Waals surface area contributed by atoms with E-state index in [1.165, 1.54) is 0 Å². The third kappa shape index (κ3) is 3.99. The lowest BCUT2D eigenvalue weighted by Crippen LogP contribution is -2.17. The molecule has 0 saturated carbocycles. The van der Waals surface area contributed by atoms with Crippen molar-refractivity contribution in [3.63, 3.8) is 0 Å². The van der Waals surface area contributed by atoms with Crippen LogP contribution in [0.25, 0.3) is 0 Å². The monoisotopic (exact) mass is 390 g/mol. The van der Waals surface area contributed by atoms with Gasteiger partial charge in [0.1, 0.15) is 0 Å². The maximum atomic E-state index is 12.7. The number of para-hydroxylation sites is 1. The van der Waals surface area contributed by atoms with E-state index in [2.05, 4.69) is 34.7 Å². The van der Waals surface area contributed by atoms with Gasteiger partial charge >= 0.3 is 0 Å². The Kier molecular flexibility index (Phi) is 5.03. The van der Waals surface area contributed by atoms with Crippen molar-refractivity contribution in [3.8, 4) is 11.5 Å². The van der Waals surface area contributed by atoms with Crippen LogP contribution in [0, 0.1) is 6.92 Å². The molecule has 4 rings (SSSR count). The number of hydrogen-bond acceptors (Lipinski definition) is 6. The number of nitrogens with one attached hydrogen (secondary N) is 2. The van der Waals surface area contributed by atoms with Crippen LogP contribution < -0.4 is 20.1 Å². The molecule has 7 heteroatoms. The molecule has 2 heterocycles. The van der Waals surface area contributed by atoms with Crippen LogP contribution >= 0.6 is 0 Å². The van der Waals surface area contributed by atoms with Gasteiger partial charge in [0.2, 0.25) is 6.79 Å². The highest BCUT2D eigenvalue weighted by atomic mass is 16.7. The van der Waals surface area contributed by atoms with E-state index in [1.807, 2.05) is 43.3 Å². The predicted octanol–water partition coefficient (Wildman–Crippen LogP) is 4.63. The largest absolute Gasteiger partial charge is 0.454 e. The molecule has 1 amide bonds. The number of amides is 1. The van der Waals surface area contributed by atoms with Gasteiger partial charge < -0.3 is 20.1 Å². The highest BCUT2D eigenvalue weighted by molar-refractivity contribution is 6.03. The summed E-state index contributed by atoms with van der Waals surface area (Å²) in [5.74, 6) is 1.93. The van der Waals surface area contributed by atoms with E-state index in [-0.39, 0.29) is 18.4 Å². The molecule has 0 spiro atoms. The molecule has 0 fully saturated rings. The number of carbonyl (C=O) groups is 1. The first-order valence-corrected chi connectivity index (χ1v) is 9.42. The number of anilines is 3. The number of hydrogen-bond donors (Lipinski definition) is 2. The summed E-state index contributed by atoms with van der Waals surface area (Å²) in [5, 5.41) is 14.3. The average Bonchev–Trinajstić information content (AvgIpc) is 3.17. The lowest BCUT2D eigenvalue weighted by molar-refractivity contribution is 0.102. The summed E-state index contributed by atoms with van der Waals surface area (Å²) in [6.07, 6.45) is 0. The van der Waals surface area contributed by atoms with Crippen LogP contribution in [0.15, 0.2) is 48.5 Å². The second-order valence-corrected chi connectivity index (χ2v) is 7.14. The van der Waals surface area contributed by atoms with Crippen LogP contribution in [-0.2, 0) is 0 Å². The summed E-state index contributed by atoms with van der Waals surface area (Å²) in [5.41, 5.74) is 3.98. The van der Waals surface area contributed by atoms with E-state index in [1.54, 1.807) is 12.1 Å². The van der Waals surface area contributed by atoms with Crippen molar-refractivity contribution in [1.29, 1.82) is 0 Å². The SMILES string of the molecule is Cc1cccc(C(C)C)c1NC(=O)c1ccc(Nc2ccc3c(c2)OCO3)nn1.